The van der Waals surface area contributed by atoms with Gasteiger partial charge >= 0.3 is 0 Å². The van der Waals surface area contributed by atoms with Crippen LogP contribution in [-0.2, 0) is 9.59 Å². The molecule has 5 heteroatoms. The molecule has 108 valence electrons. The molecule has 1 aromatic rings. The Kier molecular flexibility index (Phi) is 4.65. The first kappa shape index (κ1) is 14.9. The Morgan fingerprint density at radius 1 is 1.40 bits per heavy atom. The first-order valence-electron chi connectivity index (χ1n) is 6.90. The van der Waals surface area contributed by atoms with Crippen molar-refractivity contribution in [2.45, 2.75) is 39.2 Å². The summed E-state index contributed by atoms with van der Waals surface area (Å²) in [6.45, 7) is 4.29. The summed E-state index contributed by atoms with van der Waals surface area (Å²) in [5, 5.41) is 3.34. The lowest BCUT2D eigenvalue weighted by Gasteiger charge is -2.26. The summed E-state index contributed by atoms with van der Waals surface area (Å²) in [5.41, 5.74) is 1.66. The molecule has 20 heavy (non-hydrogen) atoms. The van der Waals surface area contributed by atoms with Gasteiger partial charge in [-0.25, -0.2) is 0 Å². The Balaban J connectivity index is 2.38. The highest BCUT2D eigenvalue weighted by molar-refractivity contribution is 6.34. The van der Waals surface area contributed by atoms with Crippen LogP contribution in [-0.4, -0.2) is 24.4 Å². The second kappa shape index (κ2) is 6.27. The lowest BCUT2D eigenvalue weighted by atomic mass is 10.1. The van der Waals surface area contributed by atoms with Crippen molar-refractivity contribution in [3.63, 3.8) is 0 Å². The maximum Gasteiger partial charge on any atom is 0.249 e. The van der Waals surface area contributed by atoms with Crippen molar-refractivity contribution in [1.29, 1.82) is 0 Å². The second-order valence-corrected chi connectivity index (χ2v) is 5.46. The third-order valence-corrected chi connectivity index (χ3v) is 3.80. The van der Waals surface area contributed by atoms with Crippen LogP contribution < -0.4 is 10.2 Å². The first-order valence-corrected chi connectivity index (χ1v) is 7.28. The summed E-state index contributed by atoms with van der Waals surface area (Å²) < 4.78 is 0. The van der Waals surface area contributed by atoms with E-state index in [1.54, 1.807) is 11.0 Å². The normalized spacial score (nSPS) is 19.8. The summed E-state index contributed by atoms with van der Waals surface area (Å²) in [5.74, 6) is -0.155. The monoisotopic (exact) mass is 294 g/mol. The van der Waals surface area contributed by atoms with Crippen LogP contribution in [0.4, 0.5) is 5.69 Å². The molecular weight excluding hydrogens is 276 g/mol. The van der Waals surface area contributed by atoms with Gasteiger partial charge in [0.2, 0.25) is 11.8 Å². The van der Waals surface area contributed by atoms with Gasteiger partial charge in [-0.05, 0) is 25.0 Å². The Morgan fingerprint density at radius 2 is 2.15 bits per heavy atom. The molecule has 0 saturated carbocycles. The van der Waals surface area contributed by atoms with Crippen molar-refractivity contribution in [2.24, 2.45) is 0 Å². The minimum absolute atomic E-state index is 0.0751. The van der Waals surface area contributed by atoms with Crippen LogP contribution in [0, 0.1) is 6.92 Å². The van der Waals surface area contributed by atoms with Gasteiger partial charge in [0.15, 0.2) is 0 Å². The number of anilines is 1. The van der Waals surface area contributed by atoms with Crippen LogP contribution >= 0.6 is 11.6 Å². The first-order chi connectivity index (χ1) is 9.54. The summed E-state index contributed by atoms with van der Waals surface area (Å²) in [6.07, 6.45) is 1.78. The van der Waals surface area contributed by atoms with Crippen LogP contribution in [0.1, 0.15) is 31.7 Å². The predicted octanol–water partition coefficient (Wildman–Crippen LogP) is 2.67. The minimum Gasteiger partial charge on any atom is -0.344 e. The molecule has 1 aliphatic heterocycles. The number of nitrogens with one attached hydrogen (secondary N) is 1. The van der Waals surface area contributed by atoms with Gasteiger partial charge in [-0.1, -0.05) is 37.1 Å². The molecule has 1 heterocycles. The molecule has 0 radical (unpaired) electrons. The van der Waals surface area contributed by atoms with Crippen molar-refractivity contribution in [1.82, 2.24) is 5.32 Å². The lowest BCUT2D eigenvalue weighted by molar-refractivity contribution is -0.125. The summed E-state index contributed by atoms with van der Waals surface area (Å²) in [6, 6.07) is 5.09. The topological polar surface area (TPSA) is 49.4 Å². The van der Waals surface area contributed by atoms with E-state index in [4.69, 9.17) is 11.6 Å². The fourth-order valence-corrected chi connectivity index (χ4v) is 2.83. The van der Waals surface area contributed by atoms with Crippen molar-refractivity contribution in [3.05, 3.63) is 28.8 Å². The Labute approximate surface area is 124 Å². The maximum atomic E-state index is 12.6. The van der Waals surface area contributed by atoms with E-state index in [1.807, 2.05) is 26.0 Å². The van der Waals surface area contributed by atoms with Gasteiger partial charge in [-0.3, -0.25) is 9.59 Å². The van der Waals surface area contributed by atoms with Gasteiger partial charge in [0, 0.05) is 13.0 Å². The molecule has 2 amide bonds. The van der Waals surface area contributed by atoms with Gasteiger partial charge in [0.1, 0.15) is 6.04 Å². The van der Waals surface area contributed by atoms with E-state index in [0.29, 0.717) is 24.4 Å². The molecule has 1 atom stereocenters. The lowest BCUT2D eigenvalue weighted by Crippen LogP contribution is -2.45. The number of carbonyl (C=O) groups excluding carboxylic acids is 2. The number of nitrogens with zero attached hydrogens (tertiary/aromatic N) is 1. The maximum absolute atomic E-state index is 12.6. The quantitative estimate of drug-likeness (QED) is 0.932. The number of carbonyl (C=O) groups is 2. The number of benzene rings is 1. The van der Waals surface area contributed by atoms with Crippen molar-refractivity contribution in [2.75, 3.05) is 11.4 Å². The molecule has 1 saturated heterocycles. The van der Waals surface area contributed by atoms with Crippen molar-refractivity contribution < 1.29 is 9.59 Å². The van der Waals surface area contributed by atoms with Crippen LogP contribution in [0.2, 0.25) is 5.02 Å². The third kappa shape index (κ3) is 2.96. The molecule has 2 rings (SSSR count). The average Bonchev–Trinajstić information content (AvgIpc) is 2.52. The molecule has 0 aromatic heterocycles. The van der Waals surface area contributed by atoms with E-state index in [0.717, 1.165) is 17.7 Å². The number of para-hydroxylation sites is 1. The molecule has 4 nitrogen and oxygen atoms in total. The number of halogens is 1. The smallest absolute Gasteiger partial charge is 0.249 e. The van der Waals surface area contributed by atoms with E-state index < -0.39 is 6.04 Å². The minimum atomic E-state index is -0.453. The molecule has 0 bridgehead atoms. The molecule has 0 spiro atoms. The van der Waals surface area contributed by atoms with E-state index in [2.05, 4.69) is 5.32 Å². The SMILES string of the molecule is CCCC1NC(=O)CCN(c2c(C)cccc2Cl)C1=O. The zero-order chi connectivity index (χ0) is 14.7. The second-order valence-electron chi connectivity index (χ2n) is 5.05. The predicted molar refractivity (Wildman–Crippen MR) is 80.0 cm³/mol. The highest BCUT2D eigenvalue weighted by atomic mass is 35.5. The standard InChI is InChI=1S/C15H19ClN2O2/c1-3-5-12-15(20)18(9-8-13(19)17-12)14-10(2)6-4-7-11(14)16/h4,6-7,12H,3,5,8-9H2,1-2H3,(H,17,19). The molecule has 1 unspecified atom stereocenters. The molecular formula is C15H19ClN2O2. The van der Waals surface area contributed by atoms with Crippen LogP contribution in [0.15, 0.2) is 18.2 Å². The van der Waals surface area contributed by atoms with Gasteiger partial charge in [-0.2, -0.15) is 0 Å². The number of hydrogen-bond donors (Lipinski definition) is 1. The summed E-state index contributed by atoms with van der Waals surface area (Å²) in [4.78, 5) is 26.0. The zero-order valence-electron chi connectivity index (χ0n) is 11.8. The van der Waals surface area contributed by atoms with E-state index in [1.165, 1.54) is 0 Å². The van der Waals surface area contributed by atoms with Gasteiger partial charge in [0.25, 0.3) is 0 Å². The number of hydrogen-bond acceptors (Lipinski definition) is 2. The number of aryl methyl sites for hydroxylation is 1. The molecule has 0 aliphatic carbocycles. The van der Waals surface area contributed by atoms with Crippen molar-refractivity contribution in [3.8, 4) is 0 Å². The molecule has 1 aromatic carbocycles. The number of amides is 2. The van der Waals surface area contributed by atoms with Gasteiger partial charge in [-0.15, -0.1) is 0 Å². The van der Waals surface area contributed by atoms with Gasteiger partial charge < -0.3 is 10.2 Å². The largest absolute Gasteiger partial charge is 0.344 e. The fourth-order valence-electron chi connectivity index (χ4n) is 2.51. The van der Waals surface area contributed by atoms with Crippen molar-refractivity contribution >= 4 is 29.1 Å². The van der Waals surface area contributed by atoms with Crippen LogP contribution in [0.5, 0.6) is 0 Å². The molecule has 1 fully saturated rings. The van der Waals surface area contributed by atoms with Crippen LogP contribution in [0.3, 0.4) is 0 Å². The van der Waals surface area contributed by atoms with E-state index in [-0.39, 0.29) is 11.8 Å². The Morgan fingerprint density at radius 3 is 2.80 bits per heavy atom. The third-order valence-electron chi connectivity index (χ3n) is 3.50. The van der Waals surface area contributed by atoms with E-state index >= 15 is 0 Å². The average molecular weight is 295 g/mol. The summed E-state index contributed by atoms with van der Waals surface area (Å²) in [7, 11) is 0. The highest BCUT2D eigenvalue weighted by Gasteiger charge is 2.31. The van der Waals surface area contributed by atoms with Gasteiger partial charge in [0.05, 0.1) is 10.7 Å². The molecule has 1 aliphatic rings. The zero-order valence-corrected chi connectivity index (χ0v) is 12.5. The highest BCUT2D eigenvalue weighted by Crippen LogP contribution is 2.31. The van der Waals surface area contributed by atoms with Crippen LogP contribution in [0.25, 0.3) is 0 Å². The fraction of sp³-hybridized carbons (Fsp3) is 0.467. The Bertz CT molecular complexity index is 510. The summed E-state index contributed by atoms with van der Waals surface area (Å²) >= 11 is 6.24. The number of rotatable bonds is 3. The molecule has 1 N–H and O–H groups in total. The Hall–Kier alpha value is -1.55. The van der Waals surface area contributed by atoms with E-state index in [9.17, 15) is 9.59 Å².